The molecule has 1 heterocycles. The molecule has 4 rings (SSSR count). The summed E-state index contributed by atoms with van der Waals surface area (Å²) in [4.78, 5) is 27.4. The number of nitrogens with zero attached hydrogens (tertiary/aromatic N) is 1. The Bertz CT molecular complexity index is 951. The van der Waals surface area contributed by atoms with Crippen LogP contribution in [0.3, 0.4) is 0 Å². The van der Waals surface area contributed by atoms with Crippen LogP contribution in [0.1, 0.15) is 23.5 Å². The zero-order valence-corrected chi connectivity index (χ0v) is 16.5. The van der Waals surface area contributed by atoms with E-state index in [1.807, 2.05) is 72.8 Å². The predicted octanol–water partition coefficient (Wildman–Crippen LogP) is 4.39. The van der Waals surface area contributed by atoms with Gasteiger partial charge in [0.15, 0.2) is 0 Å². The number of amides is 2. The van der Waals surface area contributed by atoms with Gasteiger partial charge in [-0.05, 0) is 35.4 Å². The predicted molar refractivity (Wildman–Crippen MR) is 115 cm³/mol. The fraction of sp³-hybridized carbons (Fsp3) is 0.167. The summed E-state index contributed by atoms with van der Waals surface area (Å²) >= 11 is 5.94. The van der Waals surface area contributed by atoms with E-state index in [-0.39, 0.29) is 24.3 Å². The van der Waals surface area contributed by atoms with Gasteiger partial charge in [0.25, 0.3) is 0 Å². The van der Waals surface area contributed by atoms with Crippen molar-refractivity contribution in [2.45, 2.75) is 18.4 Å². The van der Waals surface area contributed by atoms with Crippen LogP contribution in [0.5, 0.6) is 0 Å². The Balaban J connectivity index is 1.52. The first-order valence-corrected chi connectivity index (χ1v) is 9.96. The molecule has 0 spiro atoms. The average Bonchev–Trinajstić information content (AvgIpc) is 3.10. The number of anilines is 1. The zero-order chi connectivity index (χ0) is 20.2. The Kier molecular flexibility index (Phi) is 5.63. The average molecular weight is 405 g/mol. The lowest BCUT2D eigenvalue weighted by Gasteiger charge is -2.21. The lowest BCUT2D eigenvalue weighted by atomic mass is 9.90. The summed E-state index contributed by atoms with van der Waals surface area (Å²) in [5.74, 6) is -0.524. The maximum atomic E-state index is 13.2. The zero-order valence-electron chi connectivity index (χ0n) is 15.8. The molecule has 146 valence electrons. The van der Waals surface area contributed by atoms with Crippen LogP contribution >= 0.6 is 11.6 Å². The van der Waals surface area contributed by atoms with E-state index in [9.17, 15) is 9.59 Å². The summed E-state index contributed by atoms with van der Waals surface area (Å²) in [5, 5.41) is 3.71. The van der Waals surface area contributed by atoms with Gasteiger partial charge in [-0.3, -0.25) is 9.59 Å². The molecule has 0 aromatic heterocycles. The van der Waals surface area contributed by atoms with Crippen molar-refractivity contribution in [2.24, 2.45) is 0 Å². The van der Waals surface area contributed by atoms with Crippen molar-refractivity contribution in [3.63, 3.8) is 0 Å². The van der Waals surface area contributed by atoms with Crippen molar-refractivity contribution in [3.8, 4) is 0 Å². The molecule has 1 saturated heterocycles. The molecule has 2 amide bonds. The van der Waals surface area contributed by atoms with Crippen LogP contribution in [0, 0.1) is 0 Å². The topological polar surface area (TPSA) is 49.4 Å². The standard InChI is InChI=1S/C24H21ClN2O2/c25-19-11-13-21(14-12-19)27-16-20(15-22(27)28)26-24(29)23(17-7-3-1-4-8-17)18-9-5-2-6-10-18/h1-14,20,23H,15-16H2,(H,26,29). The highest BCUT2D eigenvalue weighted by molar-refractivity contribution is 6.30. The van der Waals surface area contributed by atoms with E-state index < -0.39 is 5.92 Å². The summed E-state index contributed by atoms with van der Waals surface area (Å²) in [6.45, 7) is 0.447. The smallest absolute Gasteiger partial charge is 0.232 e. The van der Waals surface area contributed by atoms with Crippen molar-refractivity contribution >= 4 is 29.1 Å². The van der Waals surface area contributed by atoms with Crippen molar-refractivity contribution in [3.05, 3.63) is 101 Å². The largest absolute Gasteiger partial charge is 0.350 e. The summed E-state index contributed by atoms with van der Waals surface area (Å²) < 4.78 is 0. The van der Waals surface area contributed by atoms with Crippen LogP contribution in [0.15, 0.2) is 84.9 Å². The van der Waals surface area contributed by atoms with Gasteiger partial charge in [-0.2, -0.15) is 0 Å². The first-order chi connectivity index (χ1) is 14.1. The number of carbonyl (C=O) groups excluding carboxylic acids is 2. The second kappa shape index (κ2) is 8.50. The number of rotatable bonds is 5. The van der Waals surface area contributed by atoms with Gasteiger partial charge in [0.2, 0.25) is 11.8 Å². The summed E-state index contributed by atoms with van der Waals surface area (Å²) in [6, 6.07) is 26.3. The molecule has 3 aromatic carbocycles. The number of hydrogen-bond acceptors (Lipinski definition) is 2. The van der Waals surface area contributed by atoms with E-state index in [1.165, 1.54) is 0 Å². The highest BCUT2D eigenvalue weighted by Gasteiger charge is 2.33. The molecule has 1 unspecified atom stereocenters. The van der Waals surface area contributed by atoms with Crippen molar-refractivity contribution < 1.29 is 9.59 Å². The molecule has 29 heavy (non-hydrogen) atoms. The van der Waals surface area contributed by atoms with Gasteiger partial charge in [-0.15, -0.1) is 0 Å². The molecule has 0 bridgehead atoms. The Hall–Kier alpha value is -3.11. The Morgan fingerprint density at radius 2 is 1.45 bits per heavy atom. The number of carbonyl (C=O) groups is 2. The number of hydrogen-bond donors (Lipinski definition) is 1. The Morgan fingerprint density at radius 1 is 0.897 bits per heavy atom. The minimum absolute atomic E-state index is 0.00593. The van der Waals surface area contributed by atoms with Crippen LogP contribution in [-0.4, -0.2) is 24.4 Å². The minimum Gasteiger partial charge on any atom is -0.350 e. The lowest BCUT2D eigenvalue weighted by molar-refractivity contribution is -0.122. The molecular weight excluding hydrogens is 384 g/mol. The molecule has 4 nitrogen and oxygen atoms in total. The van der Waals surface area contributed by atoms with E-state index >= 15 is 0 Å². The van der Waals surface area contributed by atoms with Crippen LogP contribution in [0.4, 0.5) is 5.69 Å². The van der Waals surface area contributed by atoms with Gasteiger partial charge in [0, 0.05) is 23.7 Å². The van der Waals surface area contributed by atoms with Gasteiger partial charge in [-0.25, -0.2) is 0 Å². The molecule has 1 aliphatic rings. The summed E-state index contributed by atoms with van der Waals surface area (Å²) in [6.07, 6.45) is 0.282. The van der Waals surface area contributed by atoms with E-state index in [0.717, 1.165) is 16.8 Å². The Morgan fingerprint density at radius 3 is 2.00 bits per heavy atom. The Labute approximate surface area is 175 Å². The molecule has 1 N–H and O–H groups in total. The van der Waals surface area contributed by atoms with E-state index in [0.29, 0.717) is 11.6 Å². The molecule has 0 saturated carbocycles. The van der Waals surface area contributed by atoms with Crippen LogP contribution < -0.4 is 10.2 Å². The van der Waals surface area contributed by atoms with Gasteiger partial charge >= 0.3 is 0 Å². The molecule has 1 atom stereocenters. The van der Waals surface area contributed by atoms with E-state index in [1.54, 1.807) is 17.0 Å². The molecule has 3 aromatic rings. The second-order valence-corrected chi connectivity index (χ2v) is 7.58. The van der Waals surface area contributed by atoms with E-state index in [2.05, 4.69) is 5.32 Å². The molecule has 5 heteroatoms. The minimum atomic E-state index is -0.419. The SMILES string of the molecule is O=C(NC1CC(=O)N(c2ccc(Cl)cc2)C1)C(c1ccccc1)c1ccccc1. The van der Waals surface area contributed by atoms with Crippen LogP contribution in [-0.2, 0) is 9.59 Å². The third-order valence-corrected chi connectivity index (χ3v) is 5.39. The van der Waals surface area contributed by atoms with Crippen molar-refractivity contribution in [1.29, 1.82) is 0 Å². The molecule has 1 fully saturated rings. The third-order valence-electron chi connectivity index (χ3n) is 5.14. The number of benzene rings is 3. The first-order valence-electron chi connectivity index (χ1n) is 9.58. The van der Waals surface area contributed by atoms with Crippen molar-refractivity contribution in [2.75, 3.05) is 11.4 Å². The highest BCUT2D eigenvalue weighted by atomic mass is 35.5. The molecular formula is C24H21ClN2O2. The lowest BCUT2D eigenvalue weighted by Crippen LogP contribution is -2.40. The van der Waals surface area contributed by atoms with Gasteiger partial charge in [0.05, 0.1) is 12.0 Å². The van der Waals surface area contributed by atoms with Crippen LogP contribution in [0.2, 0.25) is 5.02 Å². The number of halogens is 1. The van der Waals surface area contributed by atoms with Gasteiger partial charge in [0.1, 0.15) is 0 Å². The van der Waals surface area contributed by atoms with E-state index in [4.69, 9.17) is 11.6 Å². The van der Waals surface area contributed by atoms with Crippen LogP contribution in [0.25, 0.3) is 0 Å². The normalized spacial score (nSPS) is 16.3. The molecule has 0 aliphatic carbocycles. The highest BCUT2D eigenvalue weighted by Crippen LogP contribution is 2.27. The summed E-state index contributed by atoms with van der Waals surface area (Å²) in [7, 11) is 0. The maximum Gasteiger partial charge on any atom is 0.232 e. The first kappa shape index (κ1) is 19.2. The third kappa shape index (κ3) is 4.33. The summed E-state index contributed by atoms with van der Waals surface area (Å²) in [5.41, 5.74) is 2.64. The maximum absolute atomic E-state index is 13.2. The van der Waals surface area contributed by atoms with Crippen molar-refractivity contribution in [1.82, 2.24) is 5.32 Å². The molecule has 0 radical (unpaired) electrons. The molecule has 1 aliphatic heterocycles. The van der Waals surface area contributed by atoms with Gasteiger partial charge < -0.3 is 10.2 Å². The van der Waals surface area contributed by atoms with Gasteiger partial charge in [-0.1, -0.05) is 72.3 Å². The second-order valence-electron chi connectivity index (χ2n) is 7.14. The fourth-order valence-corrected chi connectivity index (χ4v) is 3.87. The fourth-order valence-electron chi connectivity index (χ4n) is 3.75. The number of nitrogens with one attached hydrogen (secondary N) is 1. The quantitative estimate of drug-likeness (QED) is 0.685. The monoisotopic (exact) mass is 404 g/mol.